The Morgan fingerprint density at radius 3 is 0.606 bits per heavy atom. The van der Waals surface area contributed by atoms with Crippen molar-refractivity contribution in [2.24, 2.45) is 0 Å². The van der Waals surface area contributed by atoms with E-state index in [2.05, 4.69) is 36.2 Å². The molecule has 0 radical (unpaired) electrons. The lowest BCUT2D eigenvalue weighted by atomic mass is 9.68. The summed E-state index contributed by atoms with van der Waals surface area (Å²) < 4.78 is 0. The topological polar surface area (TPSA) is 20.3 Å². The molecule has 0 unspecified atom stereocenters. The standard InChI is InChI=1S/C69H7NO/c1-70-7-5-3-2-4-6(7)67(66(70)71)68-62-54-46-36-26-18-10-8-9-12-16-14(10)22-30-24(16)34-28-20(12)21-13(9)17-15-11(8)19(18)27-33-23(15)31-25(17)35-29(21)39-38(28)48-42(34)52-44(30)50(40(46)32(22)26)58(62)60(52)64-56(48)57-49(39)43(35)53-45(31)51-41(33)47(37(27)36)55(54)63(68)59(51)61(53)65(57)69(64,67)68/h2-5H,1H3. The first kappa shape index (κ1) is 25.7. The molecule has 35 rings (SSSR count). The van der Waals surface area contributed by atoms with Crippen LogP contribution in [-0.2, 0) is 21.0 Å². The fourth-order valence-electron chi connectivity index (χ4n) is 26.8. The molecule has 0 bridgehead atoms. The second kappa shape index (κ2) is 5.58. The maximum absolute atomic E-state index is 17.2. The number of nitrogens with zero attached hydrogens (tertiary/aromatic N) is 1. The normalized spacial score (nSPS) is 24.9. The number of hydrogen-bond acceptors (Lipinski definition) is 1. The molecule has 1 saturated carbocycles. The van der Waals surface area contributed by atoms with E-state index in [0.29, 0.717) is 5.91 Å². The average molecular weight is 866 g/mol. The highest BCUT2D eigenvalue weighted by Crippen LogP contribution is 2.97. The van der Waals surface area contributed by atoms with Gasteiger partial charge in [0.1, 0.15) is 5.41 Å². The molecule has 2 heteroatoms. The summed E-state index contributed by atoms with van der Waals surface area (Å²) in [5, 5.41) is 86.5. The third-order valence-electron chi connectivity index (χ3n) is 26.7. The van der Waals surface area contributed by atoms with Crippen LogP contribution < -0.4 is 4.90 Å². The highest BCUT2D eigenvalue weighted by Gasteiger charge is 2.99. The molecule has 0 saturated heterocycles. The zero-order valence-electron chi connectivity index (χ0n) is 36.2. The Morgan fingerprint density at radius 1 is 0.239 bits per heavy atom. The molecule has 0 atom stereocenters. The number of carbonyl (C=O) groups excluding carboxylic acids is 1. The van der Waals surface area contributed by atoms with E-state index in [0.717, 1.165) is 5.69 Å². The Hall–Kier alpha value is -8.85. The first-order chi connectivity index (χ1) is 35.3. The zero-order chi connectivity index (χ0) is 42.1. The van der Waals surface area contributed by atoms with Crippen molar-refractivity contribution in [3.05, 3.63) is 52.1 Å². The van der Waals surface area contributed by atoms with Crippen molar-refractivity contribution in [3.63, 3.8) is 0 Å². The molecule has 71 heavy (non-hydrogen) atoms. The molecule has 3 spiro atoms. The van der Waals surface area contributed by atoms with Crippen LogP contribution in [0.5, 0.6) is 0 Å². The minimum absolute atomic E-state index is 0.341. The minimum Gasteiger partial charge on any atom is -0.314 e. The Morgan fingerprint density at radius 2 is 0.408 bits per heavy atom. The van der Waals surface area contributed by atoms with Crippen LogP contribution in [0.4, 0.5) is 5.69 Å². The van der Waals surface area contributed by atoms with Crippen LogP contribution in [0.15, 0.2) is 24.3 Å². The van der Waals surface area contributed by atoms with E-state index >= 15 is 4.79 Å². The van der Waals surface area contributed by atoms with Crippen LogP contribution in [-0.4, -0.2) is 13.0 Å². The monoisotopic (exact) mass is 865 g/mol. The lowest BCUT2D eigenvalue weighted by Gasteiger charge is -2.32. The SMILES string of the molecule is CN1C(=O)C2(c3ccccc31)C13c4c5c6c7c8c9c(c%10c%11c1c1c4c4c%12c5c5c6c6c8c8c%13c9c9c%10c%10c%11c%11c1c1c4c4c%12c%12c5c5c6c8c6c8c%13c9c9c%10c%10c%11c1c1c4c4c%12c5c6c5c8c9c%10c1c45)C723. The van der Waals surface area contributed by atoms with Crippen molar-refractivity contribution in [1.29, 1.82) is 0 Å². The molecule has 294 valence electrons. The number of amides is 1. The quantitative estimate of drug-likeness (QED) is 0.139. The lowest BCUT2D eigenvalue weighted by molar-refractivity contribution is -0.120. The van der Waals surface area contributed by atoms with Crippen LogP contribution in [0.2, 0.25) is 0 Å². The van der Waals surface area contributed by atoms with Gasteiger partial charge in [-0.25, -0.2) is 0 Å². The summed E-state index contributed by atoms with van der Waals surface area (Å²) in [6, 6.07) is 9.24. The second-order valence-corrected chi connectivity index (χ2v) is 26.4. The van der Waals surface area contributed by atoms with Crippen molar-refractivity contribution in [1.82, 2.24) is 0 Å². The Bertz CT molecular complexity index is 7020. The first-order valence-electron chi connectivity index (χ1n) is 26.4. The van der Waals surface area contributed by atoms with Gasteiger partial charge in [0.15, 0.2) is 0 Å². The molecule has 6 aliphatic rings. The maximum atomic E-state index is 17.2. The predicted octanol–water partition coefficient (Wildman–Crippen LogP) is 17.2. The van der Waals surface area contributed by atoms with E-state index in [9.17, 15) is 0 Å². The van der Waals surface area contributed by atoms with Gasteiger partial charge in [0.2, 0.25) is 5.91 Å². The van der Waals surface area contributed by atoms with E-state index < -0.39 is 16.2 Å². The third-order valence-corrected chi connectivity index (χ3v) is 26.7. The Kier molecular flexibility index (Phi) is 2.02. The fourth-order valence-corrected chi connectivity index (χ4v) is 26.8. The molecule has 1 fully saturated rings. The van der Waals surface area contributed by atoms with E-state index in [1.54, 1.807) is 313 Å². The van der Waals surface area contributed by atoms with Crippen molar-refractivity contribution < 1.29 is 4.79 Å². The summed E-state index contributed by atoms with van der Waals surface area (Å²) in [6.45, 7) is 0. The first-order valence-corrected chi connectivity index (χ1v) is 26.4. The van der Waals surface area contributed by atoms with E-state index in [-0.39, 0.29) is 0 Å². The molecular weight excluding hydrogens is 859 g/mol. The van der Waals surface area contributed by atoms with Crippen LogP contribution >= 0.6 is 0 Å². The number of anilines is 1. The van der Waals surface area contributed by atoms with Crippen molar-refractivity contribution in [2.75, 3.05) is 11.9 Å². The van der Waals surface area contributed by atoms with Gasteiger partial charge >= 0.3 is 0 Å². The highest BCUT2D eigenvalue weighted by atomic mass is 16.2. The van der Waals surface area contributed by atoms with Gasteiger partial charge in [-0.05, 0) is 325 Å². The van der Waals surface area contributed by atoms with Gasteiger partial charge < -0.3 is 4.90 Å². The van der Waals surface area contributed by atoms with Crippen LogP contribution in [0.1, 0.15) is 27.8 Å². The molecule has 2 nitrogen and oxygen atoms in total. The minimum atomic E-state index is -0.810. The number of hydrogen-bond donors (Lipinski definition) is 0. The van der Waals surface area contributed by atoms with Crippen LogP contribution in [0.25, 0.3) is 291 Å². The van der Waals surface area contributed by atoms with Gasteiger partial charge in [-0.2, -0.15) is 0 Å². The van der Waals surface area contributed by atoms with E-state index in [4.69, 9.17) is 0 Å². The summed E-state index contributed by atoms with van der Waals surface area (Å²) in [4.78, 5) is 19.3. The largest absolute Gasteiger partial charge is 0.314 e. The third kappa shape index (κ3) is 1.27. The van der Waals surface area contributed by atoms with Crippen molar-refractivity contribution in [3.8, 4) is 0 Å². The van der Waals surface area contributed by atoms with E-state index in [1.807, 2.05) is 0 Å². The summed E-state index contributed by atoms with van der Waals surface area (Å²) in [5.41, 5.74) is 6.84. The molecule has 29 aromatic rings. The number of para-hydroxylation sites is 1. The number of benzene rings is 19. The molecule has 0 aromatic heterocycles. The second-order valence-electron chi connectivity index (χ2n) is 26.4. The Balaban J connectivity index is 1.18. The van der Waals surface area contributed by atoms with E-state index in [1.165, 1.54) is 5.56 Å². The van der Waals surface area contributed by atoms with Gasteiger partial charge in [-0.1, -0.05) is 18.2 Å². The summed E-state index contributed by atoms with van der Waals surface area (Å²) in [7, 11) is 2.14. The molecule has 29 aromatic carbocycles. The van der Waals surface area contributed by atoms with Gasteiger partial charge in [0, 0.05) is 12.7 Å². The van der Waals surface area contributed by atoms with Gasteiger partial charge in [0.05, 0.1) is 10.8 Å². The smallest absolute Gasteiger partial charge is 0.240 e. The molecular formula is C69H7NO. The van der Waals surface area contributed by atoms with Crippen LogP contribution in [0, 0.1) is 0 Å². The molecule has 1 aliphatic heterocycles. The maximum Gasteiger partial charge on any atom is 0.240 e. The van der Waals surface area contributed by atoms with Gasteiger partial charge in [-0.15, -0.1) is 0 Å². The van der Waals surface area contributed by atoms with Crippen molar-refractivity contribution in [2.45, 2.75) is 16.2 Å². The predicted molar refractivity (Wildman–Crippen MR) is 295 cm³/mol. The van der Waals surface area contributed by atoms with Gasteiger partial charge in [-0.3, -0.25) is 4.79 Å². The molecule has 5 aliphatic carbocycles. The van der Waals surface area contributed by atoms with Crippen molar-refractivity contribution >= 4 is 302 Å². The highest BCUT2D eigenvalue weighted by molar-refractivity contribution is 6.82. The number of carbonyl (C=O) groups is 1. The lowest BCUT2D eigenvalue weighted by Crippen LogP contribution is -2.35. The molecule has 0 N–H and O–H groups in total. The summed E-state index contributed by atoms with van der Waals surface area (Å²) in [6.07, 6.45) is 0. The number of fused-ring (bicyclic) bond motifs is 2. The number of likely N-dealkylation sites (N-methyl/N-ethyl adjacent to an activating group) is 1. The van der Waals surface area contributed by atoms with Crippen LogP contribution in [0.3, 0.4) is 0 Å². The molecule has 1 heterocycles. The van der Waals surface area contributed by atoms with Gasteiger partial charge in [0.25, 0.3) is 0 Å². The summed E-state index contributed by atoms with van der Waals surface area (Å²) >= 11 is 0. The average Bonchev–Trinajstić information content (AvgIpc) is 4.37. The summed E-state index contributed by atoms with van der Waals surface area (Å²) in [5.74, 6) is 0.341. The Labute approximate surface area is 385 Å². The zero-order valence-corrected chi connectivity index (χ0v) is 36.2. The number of rotatable bonds is 0. The molecule has 1 amide bonds. The fraction of sp³-hybridized carbons (Fsp3) is 0.0580.